The smallest absolute Gasteiger partial charge is 0.226 e. The van der Waals surface area contributed by atoms with E-state index in [1.807, 2.05) is 22.6 Å². The lowest BCUT2D eigenvalue weighted by Crippen LogP contribution is -2.38. The highest BCUT2D eigenvalue weighted by Crippen LogP contribution is 2.29. The molecule has 2 heterocycles. The summed E-state index contributed by atoms with van der Waals surface area (Å²) in [5, 5.41) is 4.52. The summed E-state index contributed by atoms with van der Waals surface area (Å²) in [6.07, 6.45) is 5.58. The van der Waals surface area contributed by atoms with Gasteiger partial charge in [-0.05, 0) is 31.7 Å². The molecule has 1 N–H and O–H groups in total. The minimum atomic E-state index is -3.25. The fourth-order valence-electron chi connectivity index (χ4n) is 3.30. The average Bonchev–Trinajstić information content (AvgIpc) is 2.80. The molecule has 0 bridgehead atoms. The molecule has 2 aliphatic rings. The number of rotatable bonds is 7. The van der Waals surface area contributed by atoms with Gasteiger partial charge in [0.25, 0.3) is 0 Å². The maximum Gasteiger partial charge on any atom is 0.226 e. The number of amides is 1. The number of aromatic nitrogens is 2. The van der Waals surface area contributed by atoms with Crippen molar-refractivity contribution in [3.8, 4) is 0 Å². The van der Waals surface area contributed by atoms with Gasteiger partial charge in [-0.2, -0.15) is 5.10 Å². The van der Waals surface area contributed by atoms with E-state index in [-0.39, 0.29) is 24.1 Å². The Morgan fingerprint density at radius 3 is 2.80 bits per heavy atom. The van der Waals surface area contributed by atoms with Crippen molar-refractivity contribution in [3.05, 3.63) is 17.5 Å². The van der Waals surface area contributed by atoms with Gasteiger partial charge in [0.15, 0.2) is 0 Å². The Kier molecular flexibility index (Phi) is 5.78. The fraction of sp³-hybridized carbons (Fsp3) is 0.765. The van der Waals surface area contributed by atoms with Gasteiger partial charge in [0.05, 0.1) is 30.2 Å². The van der Waals surface area contributed by atoms with Gasteiger partial charge in [-0.25, -0.2) is 13.1 Å². The van der Waals surface area contributed by atoms with E-state index in [4.69, 9.17) is 0 Å². The highest BCUT2D eigenvalue weighted by atomic mass is 32.2. The van der Waals surface area contributed by atoms with Crippen LogP contribution in [-0.2, 0) is 34.5 Å². The van der Waals surface area contributed by atoms with Gasteiger partial charge in [0.2, 0.25) is 15.9 Å². The largest absolute Gasteiger partial charge is 0.337 e. The van der Waals surface area contributed by atoms with Gasteiger partial charge in [0, 0.05) is 19.0 Å². The highest BCUT2D eigenvalue weighted by Gasteiger charge is 2.30. The van der Waals surface area contributed by atoms with E-state index in [0.717, 1.165) is 50.9 Å². The summed E-state index contributed by atoms with van der Waals surface area (Å²) in [4.78, 5) is 14.5. The summed E-state index contributed by atoms with van der Waals surface area (Å²) in [5.41, 5.74) is 1.71. The molecular weight excluding hydrogens is 340 g/mol. The summed E-state index contributed by atoms with van der Waals surface area (Å²) >= 11 is 0. The monoisotopic (exact) mass is 368 g/mol. The molecule has 1 aliphatic heterocycles. The average molecular weight is 369 g/mol. The first-order valence-corrected chi connectivity index (χ1v) is 11.0. The maximum atomic E-state index is 12.5. The third-order valence-electron chi connectivity index (χ3n) is 5.07. The normalized spacial score (nSPS) is 18.5. The van der Waals surface area contributed by atoms with Crippen molar-refractivity contribution in [1.29, 1.82) is 0 Å². The number of hydrogen-bond donors (Lipinski definition) is 1. The number of aryl methyl sites for hydroxylation is 1. The van der Waals surface area contributed by atoms with Crippen molar-refractivity contribution in [3.63, 3.8) is 0 Å². The second-order valence-electron chi connectivity index (χ2n) is 7.08. The van der Waals surface area contributed by atoms with Gasteiger partial charge < -0.3 is 4.90 Å². The first kappa shape index (κ1) is 18.4. The Morgan fingerprint density at radius 2 is 2.12 bits per heavy atom. The molecule has 0 aromatic carbocycles. The van der Waals surface area contributed by atoms with E-state index in [2.05, 4.69) is 9.82 Å². The topological polar surface area (TPSA) is 84.3 Å². The molecule has 3 rings (SSSR count). The lowest BCUT2D eigenvalue weighted by Gasteiger charge is -2.30. The van der Waals surface area contributed by atoms with E-state index in [1.54, 1.807) is 0 Å². The van der Waals surface area contributed by atoms with Crippen molar-refractivity contribution in [2.45, 2.75) is 65.1 Å². The molecule has 0 atom stereocenters. The number of carbonyl (C=O) groups excluding carboxylic acids is 1. The van der Waals surface area contributed by atoms with Crippen LogP contribution in [0, 0.1) is 5.92 Å². The molecule has 0 radical (unpaired) electrons. The van der Waals surface area contributed by atoms with Crippen LogP contribution in [0.5, 0.6) is 0 Å². The van der Waals surface area contributed by atoms with Crippen LogP contribution < -0.4 is 4.72 Å². The second-order valence-corrected chi connectivity index (χ2v) is 9.01. The van der Waals surface area contributed by atoms with Crippen LogP contribution in [0.1, 0.15) is 56.8 Å². The van der Waals surface area contributed by atoms with Gasteiger partial charge in [-0.15, -0.1) is 0 Å². The number of nitrogens with zero attached hydrogens (tertiary/aromatic N) is 3. The Balaban J connectivity index is 1.62. The van der Waals surface area contributed by atoms with Crippen molar-refractivity contribution in [1.82, 2.24) is 19.4 Å². The number of unbranched alkanes of at least 4 members (excludes halogenated alkanes) is 1. The summed E-state index contributed by atoms with van der Waals surface area (Å²) in [7, 11) is -3.25. The van der Waals surface area contributed by atoms with Crippen molar-refractivity contribution < 1.29 is 13.2 Å². The number of carbonyl (C=O) groups is 1. The molecule has 1 fully saturated rings. The minimum absolute atomic E-state index is 0.154. The molecule has 25 heavy (non-hydrogen) atoms. The third kappa shape index (κ3) is 4.61. The molecule has 1 aromatic heterocycles. The van der Waals surface area contributed by atoms with Crippen molar-refractivity contribution in [2.24, 2.45) is 5.92 Å². The van der Waals surface area contributed by atoms with E-state index >= 15 is 0 Å². The second kappa shape index (κ2) is 7.86. The molecule has 1 amide bonds. The minimum Gasteiger partial charge on any atom is -0.337 e. The van der Waals surface area contributed by atoms with E-state index in [1.165, 1.54) is 0 Å². The predicted octanol–water partition coefficient (Wildman–Crippen LogP) is 1.63. The zero-order chi connectivity index (χ0) is 17.9. The van der Waals surface area contributed by atoms with Crippen LogP contribution in [0.4, 0.5) is 0 Å². The van der Waals surface area contributed by atoms with Gasteiger partial charge in [-0.3, -0.25) is 9.48 Å². The summed E-state index contributed by atoms with van der Waals surface area (Å²) in [6.45, 7) is 4.30. The van der Waals surface area contributed by atoms with Crippen LogP contribution in [-0.4, -0.2) is 41.3 Å². The molecule has 0 spiro atoms. The van der Waals surface area contributed by atoms with E-state index in [0.29, 0.717) is 18.7 Å². The fourth-order valence-corrected chi connectivity index (χ4v) is 4.48. The number of nitrogens with one attached hydrogen (secondary N) is 1. The lowest BCUT2D eigenvalue weighted by atomic mass is 9.84. The molecule has 1 aromatic rings. The Bertz CT molecular complexity index is 709. The standard InChI is InChI=1S/C17H28N4O3S/c1-2-3-10-25(23,24)18-12-15-11-16-13-20(8-5-9-21(16)19-15)17(22)14-6-4-7-14/h11,14,18H,2-10,12-13H2,1H3. The molecule has 7 nitrogen and oxygen atoms in total. The number of hydrogen-bond acceptors (Lipinski definition) is 4. The first-order valence-electron chi connectivity index (χ1n) is 9.30. The van der Waals surface area contributed by atoms with E-state index in [9.17, 15) is 13.2 Å². The van der Waals surface area contributed by atoms with Crippen molar-refractivity contribution in [2.75, 3.05) is 12.3 Å². The van der Waals surface area contributed by atoms with Crippen molar-refractivity contribution >= 4 is 15.9 Å². The van der Waals surface area contributed by atoms with Gasteiger partial charge in [-0.1, -0.05) is 19.8 Å². The summed E-state index contributed by atoms with van der Waals surface area (Å²) < 4.78 is 28.4. The first-order chi connectivity index (χ1) is 12.0. The molecule has 0 unspecified atom stereocenters. The molecule has 0 saturated heterocycles. The third-order valence-corrected chi connectivity index (χ3v) is 6.48. The predicted molar refractivity (Wildman–Crippen MR) is 95.1 cm³/mol. The molecule has 140 valence electrons. The Labute approximate surface area is 149 Å². The SMILES string of the molecule is CCCCS(=O)(=O)NCc1cc2n(n1)CCCN(C(=O)C1CCC1)C2. The van der Waals surface area contributed by atoms with E-state index < -0.39 is 10.0 Å². The molecular formula is C17H28N4O3S. The van der Waals surface area contributed by atoms with Crippen LogP contribution in [0.25, 0.3) is 0 Å². The summed E-state index contributed by atoms with van der Waals surface area (Å²) in [6, 6.07) is 1.93. The highest BCUT2D eigenvalue weighted by molar-refractivity contribution is 7.89. The van der Waals surface area contributed by atoms with Gasteiger partial charge in [0.1, 0.15) is 0 Å². The zero-order valence-corrected chi connectivity index (χ0v) is 15.7. The molecule has 1 aliphatic carbocycles. The Hall–Kier alpha value is -1.41. The maximum absolute atomic E-state index is 12.5. The van der Waals surface area contributed by atoms with Gasteiger partial charge >= 0.3 is 0 Å². The molecule has 8 heteroatoms. The van der Waals surface area contributed by atoms with Crippen LogP contribution in [0.2, 0.25) is 0 Å². The number of fused-ring (bicyclic) bond motifs is 1. The van der Waals surface area contributed by atoms with Crippen LogP contribution in [0.3, 0.4) is 0 Å². The van der Waals surface area contributed by atoms with Crippen LogP contribution in [0.15, 0.2) is 6.07 Å². The lowest BCUT2D eigenvalue weighted by molar-refractivity contribution is -0.138. The number of sulfonamides is 1. The molecule has 1 saturated carbocycles. The van der Waals surface area contributed by atoms with Crippen LogP contribution >= 0.6 is 0 Å². The Morgan fingerprint density at radius 1 is 1.32 bits per heavy atom. The quantitative estimate of drug-likeness (QED) is 0.793. The zero-order valence-electron chi connectivity index (χ0n) is 14.9. The summed E-state index contributed by atoms with van der Waals surface area (Å²) in [5.74, 6) is 0.628.